The summed E-state index contributed by atoms with van der Waals surface area (Å²) in [4.78, 5) is 15.9. The second-order valence-electron chi connectivity index (χ2n) is 4.02. The third kappa shape index (κ3) is 1.95. The molecule has 0 aliphatic carbocycles. The number of nitrogens with zero attached hydrogens (tertiary/aromatic N) is 1. The lowest BCUT2D eigenvalue weighted by Gasteiger charge is -2.21. The Morgan fingerprint density at radius 1 is 1.53 bits per heavy atom. The average Bonchev–Trinajstić information content (AvgIpc) is 2.73. The molecule has 1 heterocycles. The van der Waals surface area contributed by atoms with Gasteiger partial charge >= 0.3 is 0 Å². The van der Waals surface area contributed by atoms with Crippen molar-refractivity contribution in [2.75, 3.05) is 7.11 Å². The van der Waals surface area contributed by atoms with Gasteiger partial charge in [-0.3, -0.25) is 0 Å². The fraction of sp³-hybridized carbons (Fsp3) is 0.333. The number of ether oxygens (including phenoxy) is 1. The Labute approximate surface area is 98.6 Å². The van der Waals surface area contributed by atoms with E-state index in [4.69, 9.17) is 9.57 Å². The molecule has 2 rings (SSSR count). The zero-order valence-corrected chi connectivity index (χ0v) is 9.60. The standard InChI is InChI=1S/C12H13NO4/c1-12(11(14)15)7-9(13-17-12)8-5-3-4-6-10(8)16-2/h3-6H,7H2,1-2H3,(H,14,15)/p-1/t12-/m1/s1. The van der Waals surface area contributed by atoms with Crippen LogP contribution in [0.2, 0.25) is 0 Å². The minimum absolute atomic E-state index is 0.162. The molecule has 0 radical (unpaired) electrons. The smallest absolute Gasteiger partial charge is 0.179 e. The number of carbonyl (C=O) groups excluding carboxylic acids is 1. The van der Waals surface area contributed by atoms with E-state index in [1.165, 1.54) is 6.92 Å². The lowest BCUT2D eigenvalue weighted by Crippen LogP contribution is -2.46. The topological polar surface area (TPSA) is 71.0 Å². The third-order valence-electron chi connectivity index (χ3n) is 2.71. The lowest BCUT2D eigenvalue weighted by molar-refractivity contribution is -0.324. The van der Waals surface area contributed by atoms with E-state index < -0.39 is 11.6 Å². The molecule has 0 N–H and O–H groups in total. The number of benzene rings is 1. The van der Waals surface area contributed by atoms with Crippen molar-refractivity contribution >= 4 is 11.7 Å². The fourth-order valence-electron chi connectivity index (χ4n) is 1.68. The number of rotatable bonds is 3. The van der Waals surface area contributed by atoms with E-state index in [9.17, 15) is 9.90 Å². The second kappa shape index (κ2) is 4.08. The first-order valence-corrected chi connectivity index (χ1v) is 5.17. The van der Waals surface area contributed by atoms with Crippen LogP contribution in [0.15, 0.2) is 29.4 Å². The van der Waals surface area contributed by atoms with Crippen molar-refractivity contribution < 1.29 is 19.5 Å². The maximum atomic E-state index is 10.9. The lowest BCUT2D eigenvalue weighted by atomic mass is 9.96. The van der Waals surface area contributed by atoms with Gasteiger partial charge in [0.1, 0.15) is 5.75 Å². The Bertz CT molecular complexity index is 483. The Kier molecular flexibility index (Phi) is 2.75. The largest absolute Gasteiger partial charge is 0.546 e. The summed E-state index contributed by atoms with van der Waals surface area (Å²) >= 11 is 0. The number of hydrogen-bond acceptors (Lipinski definition) is 5. The number of hydrogen-bond donors (Lipinski definition) is 0. The zero-order chi connectivity index (χ0) is 12.5. The molecule has 0 fully saturated rings. The Hall–Kier alpha value is -2.04. The van der Waals surface area contributed by atoms with Crippen LogP contribution in [0.25, 0.3) is 0 Å². The molecule has 17 heavy (non-hydrogen) atoms. The van der Waals surface area contributed by atoms with Crippen molar-refractivity contribution in [3.05, 3.63) is 29.8 Å². The van der Waals surface area contributed by atoms with Crippen molar-refractivity contribution in [3.8, 4) is 5.75 Å². The Morgan fingerprint density at radius 2 is 2.24 bits per heavy atom. The molecule has 5 nitrogen and oxygen atoms in total. The highest BCUT2D eigenvalue weighted by Gasteiger charge is 2.37. The molecule has 0 amide bonds. The first-order valence-electron chi connectivity index (χ1n) is 5.17. The van der Waals surface area contributed by atoms with Crippen LogP contribution in [0.1, 0.15) is 18.9 Å². The summed E-state index contributed by atoms with van der Waals surface area (Å²) in [6.45, 7) is 1.44. The molecular weight excluding hydrogens is 222 g/mol. The van der Waals surface area contributed by atoms with E-state index in [2.05, 4.69) is 5.16 Å². The van der Waals surface area contributed by atoms with Gasteiger partial charge in [-0.2, -0.15) is 0 Å². The number of carboxylic acid groups (broad SMARTS) is 1. The molecule has 1 aromatic carbocycles. The summed E-state index contributed by atoms with van der Waals surface area (Å²) in [7, 11) is 1.55. The molecule has 1 atom stereocenters. The summed E-state index contributed by atoms with van der Waals surface area (Å²) in [6.07, 6.45) is 0.162. The number of para-hydroxylation sites is 1. The molecule has 1 aromatic rings. The molecular formula is C12H12NO4-. The number of aliphatic carboxylic acids is 1. The first kappa shape index (κ1) is 11.4. The minimum Gasteiger partial charge on any atom is -0.546 e. The van der Waals surface area contributed by atoms with Gasteiger partial charge in [0.25, 0.3) is 0 Å². The molecule has 5 heteroatoms. The Balaban J connectivity index is 2.29. The highest BCUT2D eigenvalue weighted by atomic mass is 16.7. The van der Waals surface area contributed by atoms with Crippen LogP contribution in [-0.2, 0) is 9.63 Å². The molecule has 1 aliphatic heterocycles. The van der Waals surface area contributed by atoms with E-state index in [0.717, 1.165) is 5.56 Å². The van der Waals surface area contributed by atoms with Crippen LogP contribution in [-0.4, -0.2) is 24.4 Å². The van der Waals surface area contributed by atoms with Gasteiger partial charge in [0, 0.05) is 12.0 Å². The van der Waals surface area contributed by atoms with E-state index >= 15 is 0 Å². The van der Waals surface area contributed by atoms with Crippen LogP contribution in [0.5, 0.6) is 5.75 Å². The quantitative estimate of drug-likeness (QED) is 0.755. The second-order valence-corrected chi connectivity index (χ2v) is 4.02. The predicted molar refractivity (Wildman–Crippen MR) is 58.6 cm³/mol. The van der Waals surface area contributed by atoms with Gasteiger partial charge in [-0.05, 0) is 19.1 Å². The van der Waals surface area contributed by atoms with Crippen LogP contribution in [0.4, 0.5) is 0 Å². The summed E-state index contributed by atoms with van der Waals surface area (Å²) in [5.74, 6) is -0.636. The Morgan fingerprint density at radius 3 is 2.82 bits per heavy atom. The molecule has 1 aliphatic rings. The highest BCUT2D eigenvalue weighted by Crippen LogP contribution is 2.29. The zero-order valence-electron chi connectivity index (χ0n) is 9.60. The fourth-order valence-corrected chi connectivity index (χ4v) is 1.68. The van der Waals surface area contributed by atoms with Gasteiger partial charge < -0.3 is 19.5 Å². The number of carboxylic acids is 1. The van der Waals surface area contributed by atoms with Crippen molar-refractivity contribution in [2.24, 2.45) is 5.16 Å². The highest BCUT2D eigenvalue weighted by molar-refractivity contribution is 6.06. The summed E-state index contributed by atoms with van der Waals surface area (Å²) in [6, 6.07) is 7.25. The van der Waals surface area contributed by atoms with Crippen molar-refractivity contribution in [1.29, 1.82) is 0 Å². The van der Waals surface area contributed by atoms with E-state index in [-0.39, 0.29) is 6.42 Å². The predicted octanol–water partition coefficient (Wildman–Crippen LogP) is 0.328. The monoisotopic (exact) mass is 234 g/mol. The summed E-state index contributed by atoms with van der Waals surface area (Å²) in [5.41, 5.74) is -0.106. The molecule has 0 aromatic heterocycles. The van der Waals surface area contributed by atoms with Gasteiger partial charge in [-0.1, -0.05) is 17.3 Å². The van der Waals surface area contributed by atoms with Gasteiger partial charge in [-0.15, -0.1) is 0 Å². The SMILES string of the molecule is COc1ccccc1C1=NO[C@@](C)(C(=O)[O-])C1. The molecule has 0 bridgehead atoms. The third-order valence-corrected chi connectivity index (χ3v) is 2.71. The number of methoxy groups -OCH3 is 1. The average molecular weight is 234 g/mol. The summed E-state index contributed by atoms with van der Waals surface area (Å²) in [5, 5.41) is 14.7. The molecule has 0 unspecified atom stereocenters. The van der Waals surface area contributed by atoms with Crippen molar-refractivity contribution in [1.82, 2.24) is 0 Å². The van der Waals surface area contributed by atoms with E-state index in [1.54, 1.807) is 13.2 Å². The van der Waals surface area contributed by atoms with E-state index in [0.29, 0.717) is 11.5 Å². The van der Waals surface area contributed by atoms with Crippen LogP contribution in [0, 0.1) is 0 Å². The number of carbonyl (C=O) groups is 1. The minimum atomic E-state index is -1.39. The van der Waals surface area contributed by atoms with Gasteiger partial charge in [0.15, 0.2) is 5.60 Å². The maximum Gasteiger partial charge on any atom is 0.179 e. The van der Waals surface area contributed by atoms with Crippen molar-refractivity contribution in [2.45, 2.75) is 18.9 Å². The van der Waals surface area contributed by atoms with Gasteiger partial charge in [0.05, 0.1) is 18.8 Å². The first-order chi connectivity index (χ1) is 8.07. The van der Waals surface area contributed by atoms with Crippen LogP contribution < -0.4 is 9.84 Å². The van der Waals surface area contributed by atoms with Gasteiger partial charge in [-0.25, -0.2) is 0 Å². The molecule has 90 valence electrons. The van der Waals surface area contributed by atoms with Crippen LogP contribution >= 0.6 is 0 Å². The van der Waals surface area contributed by atoms with Crippen LogP contribution in [0.3, 0.4) is 0 Å². The summed E-state index contributed by atoms with van der Waals surface area (Å²) < 4.78 is 5.19. The van der Waals surface area contributed by atoms with Crippen molar-refractivity contribution in [3.63, 3.8) is 0 Å². The van der Waals surface area contributed by atoms with E-state index in [1.807, 2.05) is 18.2 Å². The molecule has 0 saturated heterocycles. The van der Waals surface area contributed by atoms with Gasteiger partial charge in [0.2, 0.25) is 0 Å². The molecule has 0 spiro atoms. The number of oxime groups is 1. The molecule has 0 saturated carbocycles. The maximum absolute atomic E-state index is 10.9. The normalized spacial score (nSPS) is 22.8.